The van der Waals surface area contributed by atoms with E-state index in [4.69, 9.17) is 0 Å². The molecular weight excluding hydrogens is 265 g/mol. The van der Waals surface area contributed by atoms with Crippen LogP contribution in [0, 0.1) is 5.41 Å². The molecule has 2 N–H and O–H groups in total. The second kappa shape index (κ2) is 5.64. The van der Waals surface area contributed by atoms with Gasteiger partial charge in [0.2, 0.25) is 0 Å². The van der Waals surface area contributed by atoms with E-state index < -0.39 is 11.7 Å². The molecule has 0 saturated carbocycles. The summed E-state index contributed by atoms with van der Waals surface area (Å²) in [5.74, 6) is 0. The van der Waals surface area contributed by atoms with Crippen LogP contribution in [0.3, 0.4) is 0 Å². The van der Waals surface area contributed by atoms with Gasteiger partial charge in [0.05, 0.1) is 5.56 Å². The number of anilines is 1. The maximum absolute atomic E-state index is 12.9. The van der Waals surface area contributed by atoms with Crippen LogP contribution in [0.1, 0.15) is 32.3 Å². The Balaban J connectivity index is 2.08. The standard InChI is InChI=1S/C15H21F3N2/c1-14(2)8-5-9-19-13(14)10-20-12-7-4-3-6-11(12)15(16,17)18/h3-4,6-7,13,19-20H,5,8-10H2,1-2H3. The lowest BCUT2D eigenvalue weighted by atomic mass is 9.77. The van der Waals surface area contributed by atoms with Gasteiger partial charge in [-0.05, 0) is 36.9 Å². The van der Waals surface area contributed by atoms with E-state index in [1.165, 1.54) is 12.1 Å². The van der Waals surface area contributed by atoms with Crippen molar-refractivity contribution in [3.63, 3.8) is 0 Å². The Morgan fingerprint density at radius 1 is 1.30 bits per heavy atom. The van der Waals surface area contributed by atoms with Crippen molar-refractivity contribution in [1.29, 1.82) is 0 Å². The van der Waals surface area contributed by atoms with Gasteiger partial charge in [0.1, 0.15) is 0 Å². The van der Waals surface area contributed by atoms with E-state index in [0.717, 1.165) is 25.5 Å². The Morgan fingerprint density at radius 2 is 2.00 bits per heavy atom. The Labute approximate surface area is 117 Å². The molecule has 1 aromatic rings. The molecule has 0 aliphatic carbocycles. The minimum absolute atomic E-state index is 0.0957. The van der Waals surface area contributed by atoms with Crippen LogP contribution in [0.2, 0.25) is 0 Å². The van der Waals surface area contributed by atoms with Gasteiger partial charge in [-0.15, -0.1) is 0 Å². The van der Waals surface area contributed by atoms with Crippen LogP contribution in [0.25, 0.3) is 0 Å². The molecular formula is C15H21F3N2. The second-order valence-electron chi connectivity index (χ2n) is 6.02. The lowest BCUT2D eigenvalue weighted by molar-refractivity contribution is -0.136. The number of nitrogens with one attached hydrogen (secondary N) is 2. The van der Waals surface area contributed by atoms with E-state index >= 15 is 0 Å². The second-order valence-corrected chi connectivity index (χ2v) is 6.02. The molecule has 2 rings (SSSR count). The highest BCUT2D eigenvalue weighted by Gasteiger charge is 2.35. The summed E-state index contributed by atoms with van der Waals surface area (Å²) < 4.78 is 38.7. The summed E-state index contributed by atoms with van der Waals surface area (Å²) in [6, 6.07) is 5.81. The van der Waals surface area contributed by atoms with E-state index in [0.29, 0.717) is 6.54 Å². The van der Waals surface area contributed by atoms with Crippen molar-refractivity contribution in [2.24, 2.45) is 5.41 Å². The summed E-state index contributed by atoms with van der Waals surface area (Å²) >= 11 is 0. The first-order valence-electron chi connectivity index (χ1n) is 6.94. The van der Waals surface area contributed by atoms with Crippen molar-refractivity contribution in [2.45, 2.75) is 38.9 Å². The minimum Gasteiger partial charge on any atom is -0.383 e. The topological polar surface area (TPSA) is 24.1 Å². The SMILES string of the molecule is CC1(C)CCCNC1CNc1ccccc1C(F)(F)F. The first-order chi connectivity index (χ1) is 9.31. The molecule has 20 heavy (non-hydrogen) atoms. The van der Waals surface area contributed by atoms with Gasteiger partial charge in [0.25, 0.3) is 0 Å². The van der Waals surface area contributed by atoms with Gasteiger partial charge in [-0.2, -0.15) is 13.2 Å². The maximum atomic E-state index is 12.9. The molecule has 0 aromatic heterocycles. The predicted molar refractivity (Wildman–Crippen MR) is 74.7 cm³/mol. The third-order valence-corrected chi connectivity index (χ3v) is 4.06. The van der Waals surface area contributed by atoms with E-state index in [-0.39, 0.29) is 17.1 Å². The van der Waals surface area contributed by atoms with Gasteiger partial charge in [-0.1, -0.05) is 26.0 Å². The molecule has 1 saturated heterocycles. The summed E-state index contributed by atoms with van der Waals surface area (Å²) in [5, 5.41) is 6.36. The number of hydrogen-bond acceptors (Lipinski definition) is 2. The molecule has 0 radical (unpaired) electrons. The summed E-state index contributed by atoms with van der Waals surface area (Å²) in [5.41, 5.74) is -0.352. The van der Waals surface area contributed by atoms with E-state index in [9.17, 15) is 13.2 Å². The number of piperidine rings is 1. The molecule has 1 aliphatic rings. The number of rotatable bonds is 3. The van der Waals surface area contributed by atoms with E-state index in [1.807, 2.05) is 0 Å². The van der Waals surface area contributed by atoms with Crippen LogP contribution < -0.4 is 10.6 Å². The monoisotopic (exact) mass is 286 g/mol. The van der Waals surface area contributed by atoms with Crippen molar-refractivity contribution in [2.75, 3.05) is 18.4 Å². The van der Waals surface area contributed by atoms with Gasteiger partial charge in [0.15, 0.2) is 0 Å². The minimum atomic E-state index is -4.32. The third-order valence-electron chi connectivity index (χ3n) is 4.06. The molecule has 1 unspecified atom stereocenters. The molecule has 2 nitrogen and oxygen atoms in total. The van der Waals surface area contributed by atoms with Gasteiger partial charge < -0.3 is 10.6 Å². The van der Waals surface area contributed by atoms with Crippen LogP contribution in [0.4, 0.5) is 18.9 Å². The van der Waals surface area contributed by atoms with Crippen LogP contribution >= 0.6 is 0 Å². The fourth-order valence-corrected chi connectivity index (χ4v) is 2.72. The van der Waals surface area contributed by atoms with Crippen molar-refractivity contribution in [3.8, 4) is 0 Å². The first kappa shape index (κ1) is 15.2. The highest BCUT2D eigenvalue weighted by molar-refractivity contribution is 5.52. The number of halogens is 3. The Hall–Kier alpha value is -1.23. The molecule has 1 aromatic carbocycles. The summed E-state index contributed by atoms with van der Waals surface area (Å²) in [4.78, 5) is 0. The molecule has 1 atom stereocenters. The van der Waals surface area contributed by atoms with E-state index in [2.05, 4.69) is 24.5 Å². The quantitative estimate of drug-likeness (QED) is 0.880. The van der Waals surface area contributed by atoms with Crippen molar-refractivity contribution < 1.29 is 13.2 Å². The Morgan fingerprint density at radius 3 is 2.65 bits per heavy atom. The molecule has 0 spiro atoms. The lowest BCUT2D eigenvalue weighted by Gasteiger charge is -2.39. The fourth-order valence-electron chi connectivity index (χ4n) is 2.72. The summed E-state index contributed by atoms with van der Waals surface area (Å²) in [6.07, 6.45) is -2.12. The highest BCUT2D eigenvalue weighted by atomic mass is 19.4. The van der Waals surface area contributed by atoms with Crippen LogP contribution in [-0.4, -0.2) is 19.1 Å². The Kier molecular flexibility index (Phi) is 4.28. The zero-order valence-electron chi connectivity index (χ0n) is 11.8. The molecule has 112 valence electrons. The molecule has 5 heteroatoms. The number of alkyl halides is 3. The van der Waals surface area contributed by atoms with Gasteiger partial charge in [-0.3, -0.25) is 0 Å². The lowest BCUT2D eigenvalue weighted by Crippen LogP contribution is -2.50. The van der Waals surface area contributed by atoms with Crippen LogP contribution in [0.5, 0.6) is 0 Å². The summed E-state index contributed by atoms with van der Waals surface area (Å²) in [6.45, 7) is 5.74. The summed E-state index contributed by atoms with van der Waals surface area (Å²) in [7, 11) is 0. The average Bonchev–Trinajstić information content (AvgIpc) is 2.36. The van der Waals surface area contributed by atoms with E-state index in [1.54, 1.807) is 6.07 Å². The van der Waals surface area contributed by atoms with Gasteiger partial charge in [0, 0.05) is 18.3 Å². The van der Waals surface area contributed by atoms with Crippen molar-refractivity contribution in [3.05, 3.63) is 29.8 Å². The molecule has 0 amide bonds. The molecule has 0 bridgehead atoms. The highest BCUT2D eigenvalue weighted by Crippen LogP contribution is 2.35. The molecule has 1 heterocycles. The molecule has 1 aliphatic heterocycles. The zero-order valence-corrected chi connectivity index (χ0v) is 11.8. The first-order valence-corrected chi connectivity index (χ1v) is 6.94. The number of hydrogen-bond donors (Lipinski definition) is 2. The van der Waals surface area contributed by atoms with Gasteiger partial charge >= 0.3 is 6.18 Å². The zero-order chi connectivity index (χ0) is 14.8. The normalized spacial score (nSPS) is 22.6. The molecule has 1 fully saturated rings. The average molecular weight is 286 g/mol. The van der Waals surface area contributed by atoms with Crippen molar-refractivity contribution >= 4 is 5.69 Å². The Bertz CT molecular complexity index is 455. The predicted octanol–water partition coefficient (Wildman–Crippen LogP) is 3.90. The van der Waals surface area contributed by atoms with Crippen molar-refractivity contribution in [1.82, 2.24) is 5.32 Å². The maximum Gasteiger partial charge on any atom is 0.418 e. The number of para-hydroxylation sites is 1. The fraction of sp³-hybridized carbons (Fsp3) is 0.600. The smallest absolute Gasteiger partial charge is 0.383 e. The van der Waals surface area contributed by atoms with Crippen LogP contribution in [-0.2, 0) is 6.18 Å². The largest absolute Gasteiger partial charge is 0.418 e. The number of benzene rings is 1. The third kappa shape index (κ3) is 3.45. The van der Waals surface area contributed by atoms with Gasteiger partial charge in [-0.25, -0.2) is 0 Å². The van der Waals surface area contributed by atoms with Crippen LogP contribution in [0.15, 0.2) is 24.3 Å².